The summed E-state index contributed by atoms with van der Waals surface area (Å²) in [5, 5.41) is 23.4. The van der Waals surface area contributed by atoms with E-state index >= 15 is 0 Å². The van der Waals surface area contributed by atoms with Crippen LogP contribution >= 0.6 is 0 Å². The van der Waals surface area contributed by atoms with Crippen LogP contribution in [0.3, 0.4) is 0 Å². The zero-order valence-corrected chi connectivity index (χ0v) is 12.0. The summed E-state index contributed by atoms with van der Waals surface area (Å²) in [6.07, 6.45) is 0. The number of urea groups is 1. The van der Waals surface area contributed by atoms with Crippen LogP contribution in [0.15, 0.2) is 18.2 Å². The molecule has 0 unspecified atom stereocenters. The van der Waals surface area contributed by atoms with Crippen molar-refractivity contribution in [2.45, 2.75) is 13.8 Å². The van der Waals surface area contributed by atoms with Gasteiger partial charge in [-0.25, -0.2) is 9.59 Å². The Labute approximate surface area is 122 Å². The van der Waals surface area contributed by atoms with Gasteiger partial charge < -0.3 is 25.6 Å². The van der Waals surface area contributed by atoms with Gasteiger partial charge in [0.15, 0.2) is 0 Å². The molecule has 116 valence electrons. The highest BCUT2D eigenvalue weighted by molar-refractivity contribution is 5.93. The molecule has 21 heavy (non-hydrogen) atoms. The lowest BCUT2D eigenvalue weighted by Crippen LogP contribution is -2.31. The quantitative estimate of drug-likeness (QED) is 0.454. The molecule has 7 heteroatoms. The third-order valence-corrected chi connectivity index (χ3v) is 2.48. The Morgan fingerprint density at radius 2 is 2.05 bits per heavy atom. The van der Waals surface area contributed by atoms with Crippen molar-refractivity contribution in [3.63, 3.8) is 0 Å². The predicted octanol–water partition coefficient (Wildman–Crippen LogP) is 1.88. The molecule has 0 radical (unpaired) electrons. The van der Waals surface area contributed by atoms with Crippen LogP contribution in [0.1, 0.15) is 24.2 Å². The van der Waals surface area contributed by atoms with Crippen molar-refractivity contribution in [1.82, 2.24) is 5.32 Å². The largest absolute Gasteiger partial charge is 0.506 e. The van der Waals surface area contributed by atoms with E-state index in [0.717, 1.165) is 6.07 Å². The zero-order chi connectivity index (χ0) is 15.8. The van der Waals surface area contributed by atoms with Crippen molar-refractivity contribution in [1.29, 1.82) is 0 Å². The molecule has 4 N–H and O–H groups in total. The van der Waals surface area contributed by atoms with Crippen LogP contribution in [0, 0.1) is 5.92 Å². The topological polar surface area (TPSA) is 108 Å². The number of anilines is 1. The number of rotatable bonds is 7. The first-order valence-electron chi connectivity index (χ1n) is 6.59. The normalized spacial score (nSPS) is 10.4. The van der Waals surface area contributed by atoms with Gasteiger partial charge in [0.2, 0.25) is 0 Å². The molecule has 0 saturated carbocycles. The van der Waals surface area contributed by atoms with Crippen molar-refractivity contribution in [2.24, 2.45) is 5.92 Å². The van der Waals surface area contributed by atoms with Gasteiger partial charge >= 0.3 is 12.0 Å². The second-order valence-corrected chi connectivity index (χ2v) is 4.89. The number of ether oxygens (including phenoxy) is 1. The van der Waals surface area contributed by atoms with Crippen molar-refractivity contribution >= 4 is 17.7 Å². The number of nitrogens with one attached hydrogen (secondary N) is 2. The summed E-state index contributed by atoms with van der Waals surface area (Å²) in [7, 11) is 0. The number of carbonyl (C=O) groups is 2. The van der Waals surface area contributed by atoms with Crippen LogP contribution in [0.2, 0.25) is 0 Å². The van der Waals surface area contributed by atoms with Crippen LogP contribution in [-0.4, -0.2) is 42.0 Å². The van der Waals surface area contributed by atoms with Crippen LogP contribution in [0.25, 0.3) is 0 Å². The molecule has 0 bridgehead atoms. The summed E-state index contributed by atoms with van der Waals surface area (Å²) in [6.45, 7) is 5.43. The van der Waals surface area contributed by atoms with Crippen molar-refractivity contribution in [2.75, 3.05) is 25.1 Å². The Kier molecular flexibility index (Phi) is 6.48. The lowest BCUT2D eigenvalue weighted by atomic mass is 10.2. The molecule has 0 fully saturated rings. The van der Waals surface area contributed by atoms with Gasteiger partial charge in [0.1, 0.15) is 5.75 Å². The highest BCUT2D eigenvalue weighted by Gasteiger charge is 2.09. The molecule has 1 aromatic carbocycles. The van der Waals surface area contributed by atoms with Crippen LogP contribution in [0.4, 0.5) is 10.5 Å². The number of hydrogen-bond donors (Lipinski definition) is 4. The third-order valence-electron chi connectivity index (χ3n) is 2.48. The van der Waals surface area contributed by atoms with E-state index in [-0.39, 0.29) is 17.0 Å². The van der Waals surface area contributed by atoms with Crippen molar-refractivity contribution < 1.29 is 24.5 Å². The number of carboxylic acid groups (broad SMARTS) is 1. The highest BCUT2D eigenvalue weighted by Crippen LogP contribution is 2.24. The number of benzene rings is 1. The molecule has 0 heterocycles. The molecule has 1 aromatic rings. The second-order valence-electron chi connectivity index (χ2n) is 4.89. The van der Waals surface area contributed by atoms with Crippen LogP contribution < -0.4 is 10.6 Å². The number of amides is 2. The first-order valence-corrected chi connectivity index (χ1v) is 6.59. The van der Waals surface area contributed by atoms with Gasteiger partial charge in [0.25, 0.3) is 0 Å². The van der Waals surface area contributed by atoms with Gasteiger partial charge in [-0.05, 0) is 24.1 Å². The Balaban J connectivity index is 2.39. The Morgan fingerprint density at radius 3 is 2.62 bits per heavy atom. The number of aromatic hydroxyl groups is 1. The number of phenolic OH excluding ortho intramolecular Hbond substituents is 1. The monoisotopic (exact) mass is 296 g/mol. The fraction of sp³-hybridized carbons (Fsp3) is 0.429. The summed E-state index contributed by atoms with van der Waals surface area (Å²) in [6, 6.07) is 3.20. The first kappa shape index (κ1) is 16.8. The molecule has 0 saturated heterocycles. The number of aromatic carboxylic acids is 1. The number of phenols is 1. The summed E-state index contributed by atoms with van der Waals surface area (Å²) in [4.78, 5) is 22.3. The van der Waals surface area contributed by atoms with Crippen LogP contribution in [0.5, 0.6) is 5.75 Å². The molecule has 0 aliphatic carbocycles. The fourth-order valence-electron chi connectivity index (χ4n) is 1.49. The molecule has 7 nitrogen and oxygen atoms in total. The Morgan fingerprint density at radius 1 is 1.33 bits per heavy atom. The van der Waals surface area contributed by atoms with Crippen LogP contribution in [-0.2, 0) is 4.74 Å². The minimum atomic E-state index is -1.15. The maximum absolute atomic E-state index is 11.6. The summed E-state index contributed by atoms with van der Waals surface area (Å²) in [5.74, 6) is -1.02. The molecule has 0 aromatic heterocycles. The van der Waals surface area contributed by atoms with E-state index < -0.39 is 12.0 Å². The van der Waals surface area contributed by atoms with Gasteiger partial charge in [-0.3, -0.25) is 0 Å². The third kappa shape index (κ3) is 6.13. The molecular weight excluding hydrogens is 276 g/mol. The van der Waals surface area contributed by atoms with Gasteiger partial charge in [-0.2, -0.15) is 0 Å². The van der Waals surface area contributed by atoms with E-state index in [1.807, 2.05) is 13.8 Å². The van der Waals surface area contributed by atoms with E-state index in [0.29, 0.717) is 25.7 Å². The first-order chi connectivity index (χ1) is 9.90. The summed E-state index contributed by atoms with van der Waals surface area (Å²) in [5.41, 5.74) is 0.0844. The lowest BCUT2D eigenvalue weighted by molar-refractivity contribution is 0.0696. The van der Waals surface area contributed by atoms with E-state index in [1.54, 1.807) is 0 Å². The Hall–Kier alpha value is -2.28. The maximum atomic E-state index is 11.6. The van der Waals surface area contributed by atoms with Gasteiger partial charge in [0, 0.05) is 13.2 Å². The van der Waals surface area contributed by atoms with Crippen molar-refractivity contribution in [3.8, 4) is 5.75 Å². The maximum Gasteiger partial charge on any atom is 0.335 e. The number of carboxylic acids is 1. The molecule has 0 atom stereocenters. The predicted molar refractivity (Wildman–Crippen MR) is 77.7 cm³/mol. The lowest BCUT2D eigenvalue weighted by Gasteiger charge is -2.10. The molecule has 2 amide bonds. The molecule has 0 aliphatic heterocycles. The van der Waals surface area contributed by atoms with E-state index in [2.05, 4.69) is 10.6 Å². The highest BCUT2D eigenvalue weighted by atomic mass is 16.5. The van der Waals surface area contributed by atoms with Gasteiger partial charge in [-0.15, -0.1) is 0 Å². The van der Waals surface area contributed by atoms with E-state index in [4.69, 9.17) is 9.84 Å². The minimum absolute atomic E-state index is 0.0551. The Bertz CT molecular complexity index is 502. The number of hydrogen-bond acceptors (Lipinski definition) is 4. The average molecular weight is 296 g/mol. The standard InChI is InChI=1S/C14H20N2O5/c1-9(2)8-21-6-5-15-14(20)16-11-4-3-10(13(18)19)7-12(11)17/h3-4,7,9,17H,5-6,8H2,1-2H3,(H,18,19)(H2,15,16,20). The summed E-state index contributed by atoms with van der Waals surface area (Å²) >= 11 is 0. The number of carbonyl (C=O) groups excluding carboxylic acids is 1. The zero-order valence-electron chi connectivity index (χ0n) is 12.0. The summed E-state index contributed by atoms with van der Waals surface area (Å²) < 4.78 is 5.30. The smallest absolute Gasteiger partial charge is 0.335 e. The molecule has 0 aliphatic rings. The van der Waals surface area contributed by atoms with Gasteiger partial charge in [-0.1, -0.05) is 13.8 Å². The SMILES string of the molecule is CC(C)COCCNC(=O)Nc1ccc(C(=O)O)cc1O. The van der Waals surface area contributed by atoms with E-state index in [9.17, 15) is 14.7 Å². The second kappa shape index (κ2) is 8.11. The molecular formula is C14H20N2O5. The van der Waals surface area contributed by atoms with E-state index in [1.165, 1.54) is 12.1 Å². The fourth-order valence-corrected chi connectivity index (χ4v) is 1.49. The van der Waals surface area contributed by atoms with Crippen molar-refractivity contribution in [3.05, 3.63) is 23.8 Å². The molecule has 1 rings (SSSR count). The average Bonchev–Trinajstić information content (AvgIpc) is 2.40. The van der Waals surface area contributed by atoms with Gasteiger partial charge in [0.05, 0.1) is 17.9 Å². The molecule has 0 spiro atoms. The minimum Gasteiger partial charge on any atom is -0.506 e.